The van der Waals surface area contributed by atoms with Gasteiger partial charge in [-0.25, -0.2) is 0 Å². The summed E-state index contributed by atoms with van der Waals surface area (Å²) in [5.41, 5.74) is 4.87. The number of rotatable bonds is 3. The lowest BCUT2D eigenvalue weighted by molar-refractivity contribution is 0.307. The van der Waals surface area contributed by atoms with Gasteiger partial charge in [-0.15, -0.1) is 0 Å². The van der Waals surface area contributed by atoms with E-state index in [0.29, 0.717) is 6.61 Å². The van der Waals surface area contributed by atoms with Crippen LogP contribution >= 0.6 is 0 Å². The Balaban J connectivity index is 1.81. The van der Waals surface area contributed by atoms with Gasteiger partial charge in [-0.3, -0.25) is 0 Å². The van der Waals surface area contributed by atoms with E-state index in [9.17, 15) is 0 Å². The third kappa shape index (κ3) is 2.48. The van der Waals surface area contributed by atoms with Gasteiger partial charge in [0.1, 0.15) is 12.4 Å². The maximum Gasteiger partial charge on any atom is 0.119 e. The summed E-state index contributed by atoms with van der Waals surface area (Å²) in [6.45, 7) is 4.77. The lowest BCUT2D eigenvalue weighted by atomic mass is 10.1. The summed E-state index contributed by atoms with van der Waals surface area (Å²) in [6, 6.07) is 14.6. The summed E-state index contributed by atoms with van der Waals surface area (Å²) in [5.74, 6) is 0.910. The highest BCUT2D eigenvalue weighted by atomic mass is 16.5. The van der Waals surface area contributed by atoms with Crippen LogP contribution in [0.3, 0.4) is 0 Å². The van der Waals surface area contributed by atoms with Gasteiger partial charge in [0.2, 0.25) is 0 Å². The van der Waals surface area contributed by atoms with Crippen molar-refractivity contribution in [1.82, 2.24) is 4.98 Å². The Labute approximate surface area is 113 Å². The monoisotopic (exact) mass is 251 g/mol. The Morgan fingerprint density at radius 1 is 0.947 bits per heavy atom. The molecule has 0 radical (unpaired) electrons. The van der Waals surface area contributed by atoms with Gasteiger partial charge >= 0.3 is 0 Å². The molecule has 2 heteroatoms. The number of hydrogen-bond donors (Lipinski definition) is 1. The zero-order chi connectivity index (χ0) is 13.2. The topological polar surface area (TPSA) is 25.0 Å². The molecule has 3 aromatic rings. The minimum Gasteiger partial charge on any atom is -0.489 e. The van der Waals surface area contributed by atoms with Gasteiger partial charge in [0.25, 0.3) is 0 Å². The summed E-state index contributed by atoms with van der Waals surface area (Å²) < 4.78 is 5.83. The van der Waals surface area contributed by atoms with Crippen molar-refractivity contribution in [2.75, 3.05) is 0 Å². The summed E-state index contributed by atoms with van der Waals surface area (Å²) in [4.78, 5) is 3.28. The first-order valence-corrected chi connectivity index (χ1v) is 6.48. The van der Waals surface area contributed by atoms with E-state index in [2.05, 4.69) is 49.2 Å². The number of H-pyrrole nitrogens is 1. The third-order valence-corrected chi connectivity index (χ3v) is 3.34. The standard InChI is InChI=1S/C17H17NO/c1-12-3-6-15(7-4-12)19-11-14-10-18-17-8-5-13(2)9-16(14)17/h3-10,18H,11H2,1-2H3. The fourth-order valence-corrected chi connectivity index (χ4v) is 2.21. The molecule has 0 aliphatic heterocycles. The molecule has 0 aliphatic rings. The molecule has 2 nitrogen and oxygen atoms in total. The fourth-order valence-electron chi connectivity index (χ4n) is 2.21. The average molecular weight is 251 g/mol. The highest BCUT2D eigenvalue weighted by Crippen LogP contribution is 2.21. The molecule has 2 aromatic carbocycles. The van der Waals surface area contributed by atoms with E-state index in [-0.39, 0.29) is 0 Å². The summed E-state index contributed by atoms with van der Waals surface area (Å²) in [7, 11) is 0. The van der Waals surface area contributed by atoms with E-state index >= 15 is 0 Å². The summed E-state index contributed by atoms with van der Waals surface area (Å²) >= 11 is 0. The molecule has 0 unspecified atom stereocenters. The van der Waals surface area contributed by atoms with Gasteiger partial charge in [-0.05, 0) is 38.1 Å². The van der Waals surface area contributed by atoms with Crippen LogP contribution < -0.4 is 4.74 Å². The largest absolute Gasteiger partial charge is 0.489 e. The molecule has 19 heavy (non-hydrogen) atoms. The van der Waals surface area contributed by atoms with E-state index in [1.54, 1.807) is 0 Å². The van der Waals surface area contributed by atoms with Crippen LogP contribution in [0.15, 0.2) is 48.7 Å². The normalized spacial score (nSPS) is 10.8. The first kappa shape index (κ1) is 11.8. The fraction of sp³-hybridized carbons (Fsp3) is 0.176. The van der Waals surface area contributed by atoms with Crippen molar-refractivity contribution in [3.63, 3.8) is 0 Å². The Kier molecular flexibility index (Phi) is 3.00. The minimum atomic E-state index is 0.590. The van der Waals surface area contributed by atoms with Gasteiger partial charge in [-0.1, -0.05) is 29.3 Å². The van der Waals surface area contributed by atoms with Crippen molar-refractivity contribution in [1.29, 1.82) is 0 Å². The summed E-state index contributed by atoms with van der Waals surface area (Å²) in [6.07, 6.45) is 2.03. The molecule has 0 atom stereocenters. The number of aromatic amines is 1. The van der Waals surface area contributed by atoms with Crippen LogP contribution in [-0.2, 0) is 6.61 Å². The average Bonchev–Trinajstić information content (AvgIpc) is 2.80. The Bertz CT molecular complexity index is 695. The van der Waals surface area contributed by atoms with Crippen molar-refractivity contribution in [2.45, 2.75) is 20.5 Å². The first-order valence-electron chi connectivity index (χ1n) is 6.48. The molecule has 3 rings (SSSR count). The Morgan fingerprint density at radius 3 is 2.47 bits per heavy atom. The van der Waals surface area contributed by atoms with Crippen LogP contribution in [0.5, 0.6) is 5.75 Å². The van der Waals surface area contributed by atoms with E-state index < -0.39 is 0 Å². The lowest BCUT2D eigenvalue weighted by Gasteiger charge is -2.06. The number of fused-ring (bicyclic) bond motifs is 1. The predicted molar refractivity (Wildman–Crippen MR) is 78.5 cm³/mol. The zero-order valence-electron chi connectivity index (χ0n) is 11.2. The van der Waals surface area contributed by atoms with Crippen molar-refractivity contribution >= 4 is 10.9 Å². The van der Waals surface area contributed by atoms with Crippen molar-refractivity contribution in [3.05, 3.63) is 65.4 Å². The van der Waals surface area contributed by atoms with Crippen molar-refractivity contribution < 1.29 is 4.74 Å². The number of nitrogens with one attached hydrogen (secondary N) is 1. The molecule has 0 amide bonds. The van der Waals surface area contributed by atoms with Gasteiger partial charge < -0.3 is 9.72 Å². The summed E-state index contributed by atoms with van der Waals surface area (Å²) in [5, 5.41) is 1.24. The van der Waals surface area contributed by atoms with Crippen LogP contribution in [0.2, 0.25) is 0 Å². The third-order valence-electron chi connectivity index (χ3n) is 3.34. The van der Waals surface area contributed by atoms with Gasteiger partial charge in [0.05, 0.1) is 0 Å². The molecule has 0 saturated heterocycles. The highest BCUT2D eigenvalue weighted by molar-refractivity contribution is 5.83. The van der Waals surface area contributed by atoms with Gasteiger partial charge in [-0.2, -0.15) is 0 Å². The minimum absolute atomic E-state index is 0.590. The van der Waals surface area contributed by atoms with E-state index in [4.69, 9.17) is 4.74 Å². The molecule has 1 heterocycles. The molecule has 1 N–H and O–H groups in total. The van der Waals surface area contributed by atoms with Crippen molar-refractivity contribution in [2.24, 2.45) is 0 Å². The quantitative estimate of drug-likeness (QED) is 0.735. The van der Waals surface area contributed by atoms with Crippen LogP contribution in [-0.4, -0.2) is 4.98 Å². The molecular weight excluding hydrogens is 234 g/mol. The number of aromatic nitrogens is 1. The second-order valence-electron chi connectivity index (χ2n) is 4.96. The first-order chi connectivity index (χ1) is 9.22. The van der Waals surface area contributed by atoms with E-state index in [1.807, 2.05) is 18.3 Å². The molecule has 96 valence electrons. The smallest absolute Gasteiger partial charge is 0.119 e. The molecule has 0 bridgehead atoms. The highest BCUT2D eigenvalue weighted by Gasteiger charge is 2.04. The lowest BCUT2D eigenvalue weighted by Crippen LogP contribution is -1.94. The zero-order valence-corrected chi connectivity index (χ0v) is 11.2. The second kappa shape index (κ2) is 4.81. The van der Waals surface area contributed by atoms with Crippen LogP contribution in [0.4, 0.5) is 0 Å². The van der Waals surface area contributed by atoms with Gasteiger partial charge in [0, 0.05) is 22.7 Å². The second-order valence-corrected chi connectivity index (χ2v) is 4.96. The molecule has 0 saturated carbocycles. The molecular formula is C17H17NO. The molecule has 0 fully saturated rings. The van der Waals surface area contributed by atoms with Gasteiger partial charge in [0.15, 0.2) is 0 Å². The maximum atomic E-state index is 5.83. The molecule has 0 spiro atoms. The van der Waals surface area contributed by atoms with Crippen LogP contribution in [0.1, 0.15) is 16.7 Å². The van der Waals surface area contributed by atoms with Crippen molar-refractivity contribution in [3.8, 4) is 5.75 Å². The number of benzene rings is 2. The molecule has 1 aromatic heterocycles. The van der Waals surface area contributed by atoms with Crippen LogP contribution in [0.25, 0.3) is 10.9 Å². The number of hydrogen-bond acceptors (Lipinski definition) is 1. The number of aryl methyl sites for hydroxylation is 2. The Hall–Kier alpha value is -2.22. The Morgan fingerprint density at radius 2 is 1.68 bits per heavy atom. The van der Waals surface area contributed by atoms with Crippen LogP contribution in [0, 0.1) is 13.8 Å². The number of ether oxygens (including phenoxy) is 1. The maximum absolute atomic E-state index is 5.83. The molecule has 0 aliphatic carbocycles. The predicted octanol–water partition coefficient (Wildman–Crippen LogP) is 4.36. The SMILES string of the molecule is Cc1ccc(OCc2c[nH]c3ccc(C)cc23)cc1. The van der Waals surface area contributed by atoms with E-state index in [0.717, 1.165) is 11.3 Å². The van der Waals surface area contributed by atoms with E-state index in [1.165, 1.54) is 22.1 Å².